The van der Waals surface area contributed by atoms with E-state index in [4.69, 9.17) is 16.2 Å². The van der Waals surface area contributed by atoms with E-state index in [-0.39, 0.29) is 112 Å². The van der Waals surface area contributed by atoms with Crippen molar-refractivity contribution in [1.82, 2.24) is 0 Å². The minimum atomic E-state index is -5.28. The summed E-state index contributed by atoms with van der Waals surface area (Å²) >= 11 is 0. The minimum Gasteiger partial charge on any atom is -0.508 e. The maximum Gasteiger partial charge on any atom is 0.296 e. The van der Waals surface area contributed by atoms with Gasteiger partial charge in [-0.2, -0.15) is 35.5 Å². The average Bonchev–Trinajstić information content (AvgIpc) is 3.15. The summed E-state index contributed by atoms with van der Waals surface area (Å²) in [5.41, 5.74) is 12.1. The van der Waals surface area contributed by atoms with E-state index >= 15 is 0 Å². The molecule has 0 aliphatic heterocycles. The molecule has 0 saturated heterocycles. The number of phenols is 2. The van der Waals surface area contributed by atoms with Gasteiger partial charge in [0, 0.05) is 101 Å². The fraction of sp³-hybridized carbons (Fsp3) is 0.0286. The van der Waals surface area contributed by atoms with E-state index in [1.54, 1.807) is 36.4 Å². The molecule has 0 heterocycles. The number of azo groups is 3. The summed E-state index contributed by atoms with van der Waals surface area (Å²) in [4.78, 5) is -2.89. The second-order valence-corrected chi connectivity index (χ2v) is 16.2. The third kappa shape index (κ3) is 12.0. The molecule has 0 saturated carbocycles. The number of phenolic OH excluding ortho intramolecular Hbond substituents is 2. The number of hydrogen-bond donors (Lipinski definition) is 7. The van der Waals surface area contributed by atoms with Crippen molar-refractivity contribution in [2.24, 2.45) is 30.7 Å². The molecule has 0 aliphatic rings. The predicted octanol–water partition coefficient (Wildman–Crippen LogP) is 6.93. The number of rotatable bonds is 11. The SMILES string of the molecule is COc1ccc(N=Nc2c(S(=O)(=O)O)cc3cc(S(=O)(=O)O)c(N=Nc4ccc(-c5ccc(N=Nc6ccc(O)cc6N)cc5)cc4)c(N)c3c2O)c(S(=O)(=O)O)c1.[Na].[Na].[Na]. The van der Waals surface area contributed by atoms with E-state index in [9.17, 15) is 49.1 Å². The first-order valence-electron chi connectivity index (χ1n) is 16.0. The zero-order valence-electron chi connectivity index (χ0n) is 32.4. The Bertz CT molecular complexity index is 3070. The standard InChI is InChI=1S/C35H28N8O12S3.3Na/c1-55-24-11-13-27(28(17-24)56(46,47)48)41-43-34-30(58(52,53)54)15-20-14-29(57(49,50)51)33(32(37)31(20)35(34)45)42-39-22-8-4-19(5-9-22)18-2-6-21(7-3-18)38-40-26-12-10-23(44)16-25(26)36;;;/h2-17,44-45H,36-37H2,1H3,(H,46,47,48)(H,49,50,51)(H,52,53,54);;;. The first-order chi connectivity index (χ1) is 27.2. The van der Waals surface area contributed by atoms with Crippen molar-refractivity contribution in [3.8, 4) is 28.4 Å². The summed E-state index contributed by atoms with van der Waals surface area (Å²) in [5.74, 6) is -1.10. The molecule has 301 valence electrons. The molecule has 6 aromatic carbocycles. The van der Waals surface area contributed by atoms with Crippen LogP contribution < -0.4 is 16.2 Å². The Hall–Kier alpha value is -3.89. The van der Waals surface area contributed by atoms with Gasteiger partial charge in [-0.25, -0.2) is 0 Å². The van der Waals surface area contributed by atoms with E-state index in [2.05, 4.69) is 30.7 Å². The van der Waals surface area contributed by atoms with Crippen LogP contribution in [0.5, 0.6) is 17.2 Å². The zero-order valence-corrected chi connectivity index (χ0v) is 40.8. The monoisotopic (exact) mass is 917 g/mol. The van der Waals surface area contributed by atoms with E-state index in [1.807, 2.05) is 0 Å². The molecule has 20 nitrogen and oxygen atoms in total. The topological polar surface area (TPSA) is 339 Å². The normalized spacial score (nSPS) is 12.0. The number of nitrogen functional groups attached to an aromatic ring is 2. The fourth-order valence-electron chi connectivity index (χ4n) is 5.41. The zero-order chi connectivity index (χ0) is 42.2. The van der Waals surface area contributed by atoms with Gasteiger partial charge in [-0.05, 0) is 77.2 Å². The quantitative estimate of drug-likeness (QED) is 0.0300. The van der Waals surface area contributed by atoms with Crippen molar-refractivity contribution in [3.05, 3.63) is 97.1 Å². The van der Waals surface area contributed by atoms with E-state index in [0.29, 0.717) is 17.4 Å². The van der Waals surface area contributed by atoms with Gasteiger partial charge in [0.15, 0.2) is 5.75 Å². The van der Waals surface area contributed by atoms with Gasteiger partial charge in [0.2, 0.25) is 0 Å². The molecule has 0 aliphatic carbocycles. The van der Waals surface area contributed by atoms with Crippen LogP contribution in [0.4, 0.5) is 45.5 Å². The molecule has 0 bridgehead atoms. The van der Waals surface area contributed by atoms with Gasteiger partial charge in [0.05, 0.1) is 35.2 Å². The van der Waals surface area contributed by atoms with Gasteiger partial charge in [-0.1, -0.05) is 24.3 Å². The van der Waals surface area contributed by atoms with Crippen LogP contribution in [0.25, 0.3) is 21.9 Å². The van der Waals surface area contributed by atoms with Crippen molar-refractivity contribution >= 4 is 175 Å². The second kappa shape index (κ2) is 20.5. The molecule has 0 fully saturated rings. The molecule has 3 radical (unpaired) electrons. The molecular formula is C35H28N8Na3O12S3. The number of ether oxygens (including phenoxy) is 1. The Morgan fingerprint density at radius 1 is 0.525 bits per heavy atom. The Labute approximate surface area is 414 Å². The minimum absolute atomic E-state index is 0. The first kappa shape index (κ1) is 51.5. The molecule has 0 unspecified atom stereocenters. The maximum absolute atomic E-state index is 12.5. The fourth-order valence-corrected chi connectivity index (χ4v) is 7.38. The van der Waals surface area contributed by atoms with Crippen molar-refractivity contribution in [2.75, 3.05) is 18.6 Å². The van der Waals surface area contributed by atoms with Gasteiger partial charge in [0.1, 0.15) is 48.9 Å². The predicted molar refractivity (Wildman–Crippen MR) is 227 cm³/mol. The third-order valence-electron chi connectivity index (χ3n) is 8.19. The number of benzene rings is 6. The van der Waals surface area contributed by atoms with Gasteiger partial charge in [0.25, 0.3) is 30.4 Å². The van der Waals surface area contributed by atoms with Crippen LogP contribution in [0, 0.1) is 0 Å². The van der Waals surface area contributed by atoms with Crippen LogP contribution in [0.1, 0.15) is 0 Å². The molecule has 26 heteroatoms. The van der Waals surface area contributed by atoms with Crippen molar-refractivity contribution in [2.45, 2.75) is 14.7 Å². The third-order valence-corrected chi connectivity index (χ3v) is 10.8. The van der Waals surface area contributed by atoms with Crippen molar-refractivity contribution < 1.29 is 53.9 Å². The molecule has 9 N–H and O–H groups in total. The van der Waals surface area contributed by atoms with Gasteiger partial charge < -0.3 is 26.4 Å². The van der Waals surface area contributed by atoms with Gasteiger partial charge in [-0.15, -0.1) is 20.5 Å². The largest absolute Gasteiger partial charge is 0.508 e. The summed E-state index contributed by atoms with van der Waals surface area (Å²) in [6.07, 6.45) is 0. The van der Waals surface area contributed by atoms with Crippen LogP contribution in [0.2, 0.25) is 0 Å². The summed E-state index contributed by atoms with van der Waals surface area (Å²) in [7, 11) is -14.2. The maximum atomic E-state index is 12.5. The van der Waals surface area contributed by atoms with E-state index < -0.39 is 84.3 Å². The van der Waals surface area contributed by atoms with Crippen LogP contribution >= 0.6 is 0 Å². The number of aromatic hydroxyl groups is 2. The van der Waals surface area contributed by atoms with Crippen molar-refractivity contribution in [3.63, 3.8) is 0 Å². The van der Waals surface area contributed by atoms with Crippen LogP contribution in [0.15, 0.2) is 142 Å². The van der Waals surface area contributed by atoms with E-state index in [1.165, 1.54) is 43.5 Å². The number of fused-ring (bicyclic) bond motifs is 1. The van der Waals surface area contributed by atoms with Crippen LogP contribution in [-0.4, -0.2) is 145 Å². The molecule has 0 spiro atoms. The summed E-state index contributed by atoms with van der Waals surface area (Å²) in [6, 6.07) is 22.2. The molecule has 6 rings (SSSR count). The summed E-state index contributed by atoms with van der Waals surface area (Å²) in [5, 5.41) is 43.4. The average molecular weight is 918 g/mol. The number of methoxy groups -OCH3 is 1. The molecule has 6 aromatic rings. The Morgan fingerprint density at radius 2 is 0.984 bits per heavy atom. The number of nitrogens with zero attached hydrogens (tertiary/aromatic N) is 6. The number of nitrogens with two attached hydrogens (primary N) is 2. The Morgan fingerprint density at radius 3 is 1.48 bits per heavy atom. The smallest absolute Gasteiger partial charge is 0.296 e. The molecular weight excluding hydrogens is 890 g/mol. The molecule has 0 atom stereocenters. The summed E-state index contributed by atoms with van der Waals surface area (Å²) < 4.78 is 109. The first-order valence-corrected chi connectivity index (χ1v) is 20.3. The van der Waals surface area contributed by atoms with E-state index in [0.717, 1.165) is 29.3 Å². The number of anilines is 2. The Kier molecular flexibility index (Phi) is 17.3. The number of hydrogen-bond acceptors (Lipinski definition) is 17. The molecule has 61 heavy (non-hydrogen) atoms. The molecule has 0 aromatic heterocycles. The van der Waals surface area contributed by atoms with Crippen molar-refractivity contribution in [1.29, 1.82) is 0 Å². The summed E-state index contributed by atoms with van der Waals surface area (Å²) in [6.45, 7) is 0. The van der Waals surface area contributed by atoms with Crippen LogP contribution in [0.3, 0.4) is 0 Å². The van der Waals surface area contributed by atoms with Gasteiger partial charge in [-0.3, -0.25) is 13.7 Å². The van der Waals surface area contributed by atoms with Crippen LogP contribution in [-0.2, 0) is 30.4 Å². The Balaban J connectivity index is 0.00000331. The second-order valence-electron chi connectivity index (χ2n) is 12.0. The molecule has 0 amide bonds. The van der Waals surface area contributed by atoms with Gasteiger partial charge >= 0.3 is 0 Å².